The number of benzene rings is 3. The summed E-state index contributed by atoms with van der Waals surface area (Å²) in [5.41, 5.74) is 7.13. The second-order valence-corrected chi connectivity index (χ2v) is 5.90. The molecule has 3 aromatic rings. The highest BCUT2D eigenvalue weighted by atomic mass is 16.5. The number of carbonyl (C=O) groups is 1. The van der Waals surface area contributed by atoms with Crippen LogP contribution in [0.2, 0.25) is 0 Å². The van der Waals surface area contributed by atoms with Crippen molar-refractivity contribution < 1.29 is 9.53 Å². The molecule has 0 spiro atoms. The molecule has 0 fully saturated rings. The summed E-state index contributed by atoms with van der Waals surface area (Å²) < 4.78 is 4.97. The summed E-state index contributed by atoms with van der Waals surface area (Å²) in [6, 6.07) is 22.3. The van der Waals surface area contributed by atoms with Crippen LogP contribution in [0.3, 0.4) is 0 Å². The maximum Gasteiger partial charge on any atom is 0.338 e. The van der Waals surface area contributed by atoms with E-state index in [2.05, 4.69) is 31.2 Å². The standard InChI is InChI=1S/C22H20O2/c1-15-12-13-20(22(23)24-3)21(14-15)19-11-7-6-10-18(19)17-9-5-4-8-16(17)2/h4-14H,1-3H3. The van der Waals surface area contributed by atoms with Crippen molar-refractivity contribution in [3.63, 3.8) is 0 Å². The second kappa shape index (κ2) is 6.71. The van der Waals surface area contributed by atoms with E-state index in [-0.39, 0.29) is 5.97 Å². The normalized spacial score (nSPS) is 10.5. The second-order valence-electron chi connectivity index (χ2n) is 5.90. The topological polar surface area (TPSA) is 26.3 Å². The van der Waals surface area contributed by atoms with E-state index >= 15 is 0 Å². The van der Waals surface area contributed by atoms with Gasteiger partial charge >= 0.3 is 5.97 Å². The van der Waals surface area contributed by atoms with Crippen molar-refractivity contribution in [1.29, 1.82) is 0 Å². The zero-order valence-corrected chi connectivity index (χ0v) is 14.2. The number of rotatable bonds is 3. The third kappa shape index (κ3) is 2.95. The van der Waals surface area contributed by atoms with Gasteiger partial charge < -0.3 is 4.74 Å². The number of hydrogen-bond donors (Lipinski definition) is 0. The first-order valence-corrected chi connectivity index (χ1v) is 7.96. The Balaban J connectivity index is 2.28. The van der Waals surface area contributed by atoms with Crippen molar-refractivity contribution in [2.24, 2.45) is 0 Å². The van der Waals surface area contributed by atoms with E-state index in [1.165, 1.54) is 18.2 Å². The summed E-state index contributed by atoms with van der Waals surface area (Å²) in [5.74, 6) is -0.315. The van der Waals surface area contributed by atoms with Gasteiger partial charge in [0.15, 0.2) is 0 Å². The fourth-order valence-corrected chi connectivity index (χ4v) is 3.00. The van der Waals surface area contributed by atoms with Gasteiger partial charge in [0.25, 0.3) is 0 Å². The van der Waals surface area contributed by atoms with Gasteiger partial charge in [0.05, 0.1) is 12.7 Å². The molecule has 120 valence electrons. The Hall–Kier alpha value is -2.87. The molecule has 0 unspecified atom stereocenters. The molecule has 0 heterocycles. The first-order valence-electron chi connectivity index (χ1n) is 7.96. The number of ether oxygens (including phenoxy) is 1. The Bertz CT molecular complexity index is 894. The number of aryl methyl sites for hydroxylation is 2. The molecule has 3 rings (SSSR count). The zero-order valence-electron chi connectivity index (χ0n) is 14.2. The summed E-state index contributed by atoms with van der Waals surface area (Å²) in [6.45, 7) is 4.13. The van der Waals surface area contributed by atoms with Gasteiger partial charge in [-0.3, -0.25) is 0 Å². The summed E-state index contributed by atoms with van der Waals surface area (Å²) >= 11 is 0. The SMILES string of the molecule is COC(=O)c1ccc(C)cc1-c1ccccc1-c1ccccc1C. The summed E-state index contributed by atoms with van der Waals surface area (Å²) in [6.07, 6.45) is 0. The van der Waals surface area contributed by atoms with Crippen molar-refractivity contribution in [2.45, 2.75) is 13.8 Å². The average molecular weight is 316 g/mol. The lowest BCUT2D eigenvalue weighted by molar-refractivity contribution is 0.0601. The maximum absolute atomic E-state index is 12.2. The van der Waals surface area contributed by atoms with Gasteiger partial charge in [-0.2, -0.15) is 0 Å². The van der Waals surface area contributed by atoms with Gasteiger partial charge in [-0.25, -0.2) is 4.79 Å². The fourth-order valence-electron chi connectivity index (χ4n) is 3.00. The van der Waals surface area contributed by atoms with E-state index in [4.69, 9.17) is 4.74 Å². The van der Waals surface area contributed by atoms with Crippen LogP contribution >= 0.6 is 0 Å². The molecule has 0 atom stereocenters. The number of esters is 1. The highest BCUT2D eigenvalue weighted by molar-refractivity contribution is 6.00. The van der Waals surface area contributed by atoms with Gasteiger partial charge in [-0.05, 0) is 47.7 Å². The Labute approximate surface area is 142 Å². The fraction of sp³-hybridized carbons (Fsp3) is 0.136. The Morgan fingerprint density at radius 1 is 0.750 bits per heavy atom. The predicted molar refractivity (Wildman–Crippen MR) is 98.1 cm³/mol. The summed E-state index contributed by atoms with van der Waals surface area (Å²) in [5, 5.41) is 0. The van der Waals surface area contributed by atoms with Gasteiger partial charge in [0.2, 0.25) is 0 Å². The molecule has 0 aliphatic carbocycles. The smallest absolute Gasteiger partial charge is 0.338 e. The molecular formula is C22H20O2. The zero-order chi connectivity index (χ0) is 17.1. The molecule has 2 heteroatoms. The minimum atomic E-state index is -0.315. The number of carbonyl (C=O) groups excluding carboxylic acids is 1. The molecule has 0 saturated carbocycles. The maximum atomic E-state index is 12.2. The highest BCUT2D eigenvalue weighted by Gasteiger charge is 2.17. The molecule has 0 aromatic heterocycles. The van der Waals surface area contributed by atoms with Gasteiger partial charge in [0.1, 0.15) is 0 Å². The highest BCUT2D eigenvalue weighted by Crippen LogP contribution is 2.36. The Morgan fingerprint density at radius 2 is 1.33 bits per heavy atom. The summed E-state index contributed by atoms with van der Waals surface area (Å²) in [7, 11) is 1.42. The van der Waals surface area contributed by atoms with Crippen LogP contribution in [-0.4, -0.2) is 13.1 Å². The minimum absolute atomic E-state index is 0.315. The van der Waals surface area contributed by atoms with E-state index in [9.17, 15) is 4.79 Å². The molecule has 24 heavy (non-hydrogen) atoms. The lowest BCUT2D eigenvalue weighted by Crippen LogP contribution is -2.04. The van der Waals surface area contributed by atoms with E-state index in [1.807, 2.05) is 49.4 Å². The number of hydrogen-bond acceptors (Lipinski definition) is 2. The monoisotopic (exact) mass is 316 g/mol. The molecule has 2 nitrogen and oxygen atoms in total. The van der Waals surface area contributed by atoms with Crippen molar-refractivity contribution >= 4 is 5.97 Å². The Morgan fingerprint density at radius 3 is 1.96 bits per heavy atom. The predicted octanol–water partition coefficient (Wildman–Crippen LogP) is 5.42. The van der Waals surface area contributed by atoms with Crippen LogP contribution < -0.4 is 0 Å². The quantitative estimate of drug-likeness (QED) is 0.603. The van der Waals surface area contributed by atoms with Crippen LogP contribution in [0.15, 0.2) is 66.7 Å². The van der Waals surface area contributed by atoms with Gasteiger partial charge in [-0.15, -0.1) is 0 Å². The molecule has 0 aliphatic rings. The van der Waals surface area contributed by atoms with Crippen molar-refractivity contribution in [3.05, 3.63) is 83.4 Å². The third-order valence-corrected chi connectivity index (χ3v) is 4.23. The molecular weight excluding hydrogens is 296 g/mol. The van der Waals surface area contributed by atoms with Crippen molar-refractivity contribution in [3.8, 4) is 22.3 Å². The molecule has 0 N–H and O–H groups in total. The Kier molecular flexibility index (Phi) is 4.48. The average Bonchev–Trinajstić information content (AvgIpc) is 2.61. The molecule has 0 radical (unpaired) electrons. The molecule has 0 amide bonds. The lowest BCUT2D eigenvalue weighted by Gasteiger charge is -2.15. The van der Waals surface area contributed by atoms with Crippen LogP contribution in [0.5, 0.6) is 0 Å². The van der Waals surface area contributed by atoms with E-state index < -0.39 is 0 Å². The third-order valence-electron chi connectivity index (χ3n) is 4.23. The molecule has 3 aromatic carbocycles. The number of methoxy groups -OCH3 is 1. The largest absolute Gasteiger partial charge is 0.465 e. The first kappa shape index (κ1) is 16.0. The van der Waals surface area contributed by atoms with Crippen molar-refractivity contribution in [2.75, 3.05) is 7.11 Å². The molecule has 0 aliphatic heterocycles. The van der Waals surface area contributed by atoms with Crippen LogP contribution in [0.25, 0.3) is 22.3 Å². The molecule has 0 bridgehead atoms. The van der Waals surface area contributed by atoms with Crippen LogP contribution in [0.4, 0.5) is 0 Å². The minimum Gasteiger partial charge on any atom is -0.465 e. The summed E-state index contributed by atoms with van der Waals surface area (Å²) in [4.78, 5) is 12.2. The van der Waals surface area contributed by atoms with Gasteiger partial charge in [0, 0.05) is 0 Å². The van der Waals surface area contributed by atoms with Crippen LogP contribution in [0, 0.1) is 13.8 Å². The van der Waals surface area contributed by atoms with E-state index in [0.717, 1.165) is 22.3 Å². The first-order chi connectivity index (χ1) is 11.6. The van der Waals surface area contributed by atoms with Crippen LogP contribution in [-0.2, 0) is 4.74 Å². The van der Waals surface area contributed by atoms with E-state index in [1.54, 1.807) is 0 Å². The molecule has 0 saturated heterocycles. The van der Waals surface area contributed by atoms with Gasteiger partial charge in [-0.1, -0.05) is 66.2 Å². The van der Waals surface area contributed by atoms with E-state index in [0.29, 0.717) is 5.56 Å². The lowest BCUT2D eigenvalue weighted by atomic mass is 9.89. The van der Waals surface area contributed by atoms with Crippen molar-refractivity contribution in [1.82, 2.24) is 0 Å². The van der Waals surface area contributed by atoms with Crippen LogP contribution in [0.1, 0.15) is 21.5 Å².